The Balaban J connectivity index is 2.33. The molecule has 1 aromatic carbocycles. The highest BCUT2D eigenvalue weighted by atomic mass is 35.5. The molecule has 0 saturated carbocycles. The highest BCUT2D eigenvalue weighted by Gasteiger charge is 2.14. The third-order valence-electron chi connectivity index (χ3n) is 2.25. The largest absolute Gasteiger partial charge is 0.205 e. The molecule has 0 aliphatic heterocycles. The second-order valence-corrected chi connectivity index (χ2v) is 5.65. The van der Waals surface area contributed by atoms with E-state index in [0.29, 0.717) is 0 Å². The van der Waals surface area contributed by atoms with Crippen LogP contribution in [0.25, 0.3) is 0 Å². The molecule has 2 aromatic rings. The van der Waals surface area contributed by atoms with Crippen molar-refractivity contribution in [3.63, 3.8) is 0 Å². The quantitative estimate of drug-likeness (QED) is 0.663. The molecular formula is C12H9Cl2FS. The first-order valence-electron chi connectivity index (χ1n) is 4.73. The van der Waals surface area contributed by atoms with E-state index < -0.39 is 5.82 Å². The van der Waals surface area contributed by atoms with Gasteiger partial charge in [-0.3, -0.25) is 0 Å². The lowest BCUT2D eigenvalue weighted by Crippen LogP contribution is -1.91. The van der Waals surface area contributed by atoms with E-state index in [1.165, 1.54) is 17.0 Å². The summed E-state index contributed by atoms with van der Waals surface area (Å²) in [6.45, 7) is 2.01. The Bertz CT molecular complexity index is 507. The summed E-state index contributed by atoms with van der Waals surface area (Å²) in [7, 11) is 0. The molecule has 2 rings (SSSR count). The first kappa shape index (κ1) is 11.9. The maximum atomic E-state index is 13.3. The Morgan fingerprint density at radius 1 is 1.25 bits per heavy atom. The molecule has 0 saturated heterocycles. The summed E-state index contributed by atoms with van der Waals surface area (Å²) in [5.41, 5.74) is 0.727. The predicted octanol–water partition coefficient (Wildman–Crippen LogP) is 5.18. The number of halogens is 3. The van der Waals surface area contributed by atoms with E-state index in [1.54, 1.807) is 17.4 Å². The van der Waals surface area contributed by atoms with Crippen LogP contribution in [0.3, 0.4) is 0 Å². The maximum Gasteiger partial charge on any atom is 0.142 e. The van der Waals surface area contributed by atoms with E-state index in [-0.39, 0.29) is 10.4 Å². The van der Waals surface area contributed by atoms with Crippen LogP contribution in [0.5, 0.6) is 0 Å². The zero-order valence-corrected chi connectivity index (χ0v) is 10.8. The topological polar surface area (TPSA) is 0 Å². The smallest absolute Gasteiger partial charge is 0.142 e. The van der Waals surface area contributed by atoms with Crippen LogP contribution >= 0.6 is 34.5 Å². The summed E-state index contributed by atoms with van der Waals surface area (Å²) in [6.07, 6.45) is 0. The summed E-state index contributed by atoms with van der Waals surface area (Å²) in [6, 6.07) is 8.63. The van der Waals surface area contributed by atoms with E-state index >= 15 is 0 Å². The molecule has 0 fully saturated rings. The van der Waals surface area contributed by atoms with Crippen LogP contribution in [0.4, 0.5) is 4.39 Å². The van der Waals surface area contributed by atoms with E-state index in [1.807, 2.05) is 19.1 Å². The van der Waals surface area contributed by atoms with Crippen LogP contribution in [-0.2, 0) is 0 Å². The van der Waals surface area contributed by atoms with Crippen molar-refractivity contribution in [2.45, 2.75) is 12.3 Å². The molecule has 1 unspecified atom stereocenters. The van der Waals surface area contributed by atoms with Crippen molar-refractivity contribution in [2.24, 2.45) is 0 Å². The highest BCUT2D eigenvalue weighted by molar-refractivity contribution is 7.12. The molecule has 0 radical (unpaired) electrons. The Morgan fingerprint density at radius 3 is 2.56 bits per heavy atom. The minimum Gasteiger partial charge on any atom is -0.205 e. The molecule has 16 heavy (non-hydrogen) atoms. The van der Waals surface area contributed by atoms with Crippen LogP contribution in [-0.4, -0.2) is 0 Å². The maximum absolute atomic E-state index is 13.3. The first-order chi connectivity index (χ1) is 7.58. The second-order valence-electron chi connectivity index (χ2n) is 3.48. The fourth-order valence-corrected chi connectivity index (χ4v) is 2.77. The number of aryl methyl sites for hydroxylation is 1. The van der Waals surface area contributed by atoms with Gasteiger partial charge in [-0.2, -0.15) is 0 Å². The fraction of sp³-hybridized carbons (Fsp3) is 0.167. The zero-order valence-electron chi connectivity index (χ0n) is 8.51. The summed E-state index contributed by atoms with van der Waals surface area (Å²) in [5, 5.41) is -0.194. The third-order valence-corrected chi connectivity index (χ3v) is 4.24. The second kappa shape index (κ2) is 4.74. The van der Waals surface area contributed by atoms with Crippen molar-refractivity contribution in [3.05, 3.63) is 56.5 Å². The third kappa shape index (κ3) is 2.40. The Morgan fingerprint density at radius 2 is 2.00 bits per heavy atom. The fourth-order valence-electron chi connectivity index (χ4n) is 1.42. The van der Waals surface area contributed by atoms with E-state index in [9.17, 15) is 4.39 Å². The molecule has 0 N–H and O–H groups in total. The highest BCUT2D eigenvalue weighted by Crippen LogP contribution is 2.34. The van der Waals surface area contributed by atoms with Gasteiger partial charge in [0.2, 0.25) is 0 Å². The lowest BCUT2D eigenvalue weighted by Gasteiger charge is -2.08. The Labute approximate surface area is 108 Å². The first-order valence-corrected chi connectivity index (χ1v) is 6.36. The molecule has 0 nitrogen and oxygen atoms in total. The molecule has 0 spiro atoms. The van der Waals surface area contributed by atoms with Crippen molar-refractivity contribution in [1.82, 2.24) is 0 Å². The summed E-state index contributed by atoms with van der Waals surface area (Å²) < 4.78 is 13.3. The average molecular weight is 275 g/mol. The lowest BCUT2D eigenvalue weighted by atomic mass is 10.1. The van der Waals surface area contributed by atoms with Gasteiger partial charge in [-0.05, 0) is 36.8 Å². The molecule has 1 atom stereocenters. The number of hydrogen-bond donors (Lipinski definition) is 0. The van der Waals surface area contributed by atoms with Crippen LogP contribution in [0.2, 0.25) is 5.02 Å². The zero-order chi connectivity index (χ0) is 11.7. The summed E-state index contributed by atoms with van der Waals surface area (Å²) >= 11 is 13.5. The standard InChI is InChI=1S/C12H9Cl2FS/c1-7-2-5-11(16-7)12(14)8-3-4-9(13)10(15)6-8/h2-6,12H,1H3. The van der Waals surface area contributed by atoms with E-state index in [4.69, 9.17) is 23.2 Å². The van der Waals surface area contributed by atoms with E-state index in [0.717, 1.165) is 10.4 Å². The lowest BCUT2D eigenvalue weighted by molar-refractivity contribution is 0.626. The van der Waals surface area contributed by atoms with E-state index in [2.05, 4.69) is 0 Å². The van der Waals surface area contributed by atoms with Crippen molar-refractivity contribution >= 4 is 34.5 Å². The molecule has 1 heterocycles. The van der Waals surface area contributed by atoms with Gasteiger partial charge >= 0.3 is 0 Å². The monoisotopic (exact) mass is 274 g/mol. The van der Waals surface area contributed by atoms with Gasteiger partial charge in [0.25, 0.3) is 0 Å². The summed E-state index contributed by atoms with van der Waals surface area (Å²) in [4.78, 5) is 2.20. The normalized spacial score (nSPS) is 12.8. The number of alkyl halides is 1. The van der Waals surface area contributed by atoms with Gasteiger partial charge in [0.15, 0.2) is 0 Å². The van der Waals surface area contributed by atoms with Gasteiger partial charge in [-0.1, -0.05) is 17.7 Å². The molecule has 1 aromatic heterocycles. The Hall–Kier alpha value is -0.570. The molecule has 0 aliphatic carbocycles. The van der Waals surface area contributed by atoms with Gasteiger partial charge in [0.05, 0.1) is 10.4 Å². The van der Waals surface area contributed by atoms with Crippen molar-refractivity contribution in [2.75, 3.05) is 0 Å². The molecule has 0 bridgehead atoms. The van der Waals surface area contributed by atoms with Gasteiger partial charge in [0, 0.05) is 9.75 Å². The summed E-state index contributed by atoms with van der Waals surface area (Å²) in [5.74, 6) is -0.432. The van der Waals surface area contributed by atoms with Crippen LogP contribution in [0, 0.1) is 12.7 Å². The minimum absolute atomic E-state index is 0.120. The van der Waals surface area contributed by atoms with Crippen molar-refractivity contribution in [3.8, 4) is 0 Å². The minimum atomic E-state index is -0.432. The number of benzene rings is 1. The number of hydrogen-bond acceptors (Lipinski definition) is 1. The van der Waals surface area contributed by atoms with Crippen LogP contribution < -0.4 is 0 Å². The molecule has 4 heteroatoms. The number of rotatable bonds is 2. The van der Waals surface area contributed by atoms with Gasteiger partial charge in [-0.25, -0.2) is 4.39 Å². The SMILES string of the molecule is Cc1ccc(C(Cl)c2ccc(Cl)c(F)c2)s1. The number of thiophene rings is 1. The predicted molar refractivity (Wildman–Crippen MR) is 68.2 cm³/mol. The molecular weight excluding hydrogens is 266 g/mol. The van der Waals surface area contributed by atoms with Gasteiger partial charge in [-0.15, -0.1) is 22.9 Å². The van der Waals surface area contributed by atoms with Gasteiger partial charge < -0.3 is 0 Å². The van der Waals surface area contributed by atoms with Crippen LogP contribution in [0.15, 0.2) is 30.3 Å². The van der Waals surface area contributed by atoms with Crippen LogP contribution in [0.1, 0.15) is 20.7 Å². The molecule has 84 valence electrons. The molecule has 0 amide bonds. The Kier molecular flexibility index (Phi) is 3.53. The molecule has 0 aliphatic rings. The van der Waals surface area contributed by atoms with Crippen molar-refractivity contribution < 1.29 is 4.39 Å². The van der Waals surface area contributed by atoms with Crippen molar-refractivity contribution in [1.29, 1.82) is 0 Å². The average Bonchev–Trinajstić information content (AvgIpc) is 2.68. The van der Waals surface area contributed by atoms with Gasteiger partial charge in [0.1, 0.15) is 5.82 Å².